The van der Waals surface area contributed by atoms with Crippen LogP contribution in [0.15, 0.2) is 90.1 Å². The molecule has 0 spiro atoms. The van der Waals surface area contributed by atoms with Crippen molar-refractivity contribution in [3.63, 3.8) is 0 Å². The summed E-state index contributed by atoms with van der Waals surface area (Å²) in [5, 5.41) is 12.0. The third-order valence-corrected chi connectivity index (χ3v) is 7.31. The maximum atomic E-state index is 13.8. The monoisotopic (exact) mass is 497 g/mol. The van der Waals surface area contributed by atoms with Gasteiger partial charge in [-0.25, -0.2) is 0 Å². The molecular formula is C28H27N5O2S. The number of anilines is 2. The molecule has 4 aromatic rings. The first-order chi connectivity index (χ1) is 17.4. The van der Waals surface area contributed by atoms with Gasteiger partial charge in [-0.15, -0.1) is 10.2 Å². The van der Waals surface area contributed by atoms with Crippen molar-refractivity contribution in [2.24, 2.45) is 0 Å². The summed E-state index contributed by atoms with van der Waals surface area (Å²) in [4.78, 5) is 28.3. The number of carbonyl (C=O) groups is 2. The van der Waals surface area contributed by atoms with Crippen molar-refractivity contribution in [2.45, 2.75) is 43.1 Å². The molecule has 0 fully saturated rings. The van der Waals surface area contributed by atoms with Crippen molar-refractivity contribution < 1.29 is 9.59 Å². The quantitative estimate of drug-likeness (QED) is 0.375. The maximum Gasteiger partial charge on any atom is 0.250 e. The van der Waals surface area contributed by atoms with Crippen LogP contribution in [0.1, 0.15) is 32.2 Å². The normalized spacial score (nSPS) is 15.2. The van der Waals surface area contributed by atoms with Crippen molar-refractivity contribution in [2.75, 3.05) is 10.2 Å². The van der Waals surface area contributed by atoms with Crippen molar-refractivity contribution in [1.29, 1.82) is 0 Å². The summed E-state index contributed by atoms with van der Waals surface area (Å²) >= 11 is 1.34. The third kappa shape index (κ3) is 4.40. The number of hydrogen-bond donors (Lipinski definition) is 1. The van der Waals surface area contributed by atoms with E-state index in [-0.39, 0.29) is 11.8 Å². The Kier molecular flexibility index (Phi) is 6.36. The number of nitrogens with one attached hydrogen (secondary N) is 1. The molecule has 1 aliphatic rings. The molecule has 3 aromatic carbocycles. The van der Waals surface area contributed by atoms with Gasteiger partial charge < -0.3 is 5.32 Å². The fourth-order valence-corrected chi connectivity index (χ4v) is 5.27. The Labute approximate surface area is 214 Å². The highest BCUT2D eigenvalue weighted by Gasteiger charge is 2.45. The zero-order valence-electron chi connectivity index (χ0n) is 20.4. The van der Waals surface area contributed by atoms with Crippen LogP contribution in [-0.4, -0.2) is 37.4 Å². The molecule has 0 aliphatic carbocycles. The van der Waals surface area contributed by atoms with Crippen LogP contribution in [0.2, 0.25) is 0 Å². The maximum absolute atomic E-state index is 13.8. The van der Waals surface area contributed by atoms with Gasteiger partial charge in [0.05, 0.1) is 16.6 Å². The van der Waals surface area contributed by atoms with Gasteiger partial charge in [-0.1, -0.05) is 72.4 Å². The highest BCUT2D eigenvalue weighted by molar-refractivity contribution is 8.00. The fourth-order valence-electron chi connectivity index (χ4n) is 4.34. The van der Waals surface area contributed by atoms with Crippen molar-refractivity contribution in [3.8, 4) is 5.69 Å². The number of nitrogens with zero attached hydrogens (tertiary/aromatic N) is 4. The van der Waals surface area contributed by atoms with Crippen LogP contribution in [0.4, 0.5) is 11.4 Å². The average Bonchev–Trinajstić information content (AvgIpc) is 3.27. The molecule has 182 valence electrons. The van der Waals surface area contributed by atoms with E-state index in [9.17, 15) is 9.59 Å². The number of aromatic nitrogens is 3. The predicted octanol–water partition coefficient (Wildman–Crippen LogP) is 5.10. The smallest absolute Gasteiger partial charge is 0.250 e. The molecule has 36 heavy (non-hydrogen) atoms. The molecule has 0 bridgehead atoms. The number of hydrogen-bond acceptors (Lipinski definition) is 5. The second-order valence-electron chi connectivity index (χ2n) is 9.20. The second kappa shape index (κ2) is 9.62. The third-order valence-electron chi connectivity index (χ3n) is 6.28. The Morgan fingerprint density at radius 2 is 1.58 bits per heavy atom. The van der Waals surface area contributed by atoms with Crippen LogP contribution in [-0.2, 0) is 16.0 Å². The second-order valence-corrected chi connectivity index (χ2v) is 10.5. The molecule has 8 heteroatoms. The molecule has 1 aliphatic heterocycles. The number of para-hydroxylation sites is 3. The van der Waals surface area contributed by atoms with Gasteiger partial charge in [-0.05, 0) is 50.6 Å². The molecule has 1 N–H and O–H groups in total. The Morgan fingerprint density at radius 1 is 0.944 bits per heavy atom. The van der Waals surface area contributed by atoms with Crippen LogP contribution in [0, 0.1) is 0 Å². The summed E-state index contributed by atoms with van der Waals surface area (Å²) in [5.41, 5.74) is 2.34. The minimum atomic E-state index is -1.04. The first-order valence-corrected chi connectivity index (χ1v) is 12.7. The largest absolute Gasteiger partial charge is 0.322 e. The highest BCUT2D eigenvalue weighted by atomic mass is 32.2. The zero-order chi connectivity index (χ0) is 25.3. The van der Waals surface area contributed by atoms with E-state index in [0.29, 0.717) is 23.0 Å². The number of rotatable bonds is 6. The van der Waals surface area contributed by atoms with E-state index in [2.05, 4.69) is 27.6 Å². The van der Waals surface area contributed by atoms with E-state index in [1.165, 1.54) is 11.8 Å². The SMILES string of the molecule is CC(Sc1nnc(Cc2ccccc2)n1-c1ccccc1)C(=O)N1c2ccccc2NC(=O)C1(C)C. The number of benzene rings is 3. The summed E-state index contributed by atoms with van der Waals surface area (Å²) < 4.78 is 2.00. The van der Waals surface area contributed by atoms with Crippen LogP contribution < -0.4 is 10.2 Å². The molecule has 0 saturated heterocycles. The van der Waals surface area contributed by atoms with Crippen LogP contribution >= 0.6 is 11.8 Å². The molecule has 0 saturated carbocycles. The minimum absolute atomic E-state index is 0.167. The van der Waals surface area contributed by atoms with E-state index in [4.69, 9.17) is 0 Å². The number of fused-ring (bicyclic) bond motifs is 1. The molecule has 1 atom stereocenters. The zero-order valence-corrected chi connectivity index (χ0v) is 21.2. The lowest BCUT2D eigenvalue weighted by Gasteiger charge is -2.43. The lowest BCUT2D eigenvalue weighted by molar-refractivity contribution is -0.126. The molecule has 2 heterocycles. The first kappa shape index (κ1) is 23.8. The fraction of sp³-hybridized carbons (Fsp3) is 0.214. The van der Waals surface area contributed by atoms with Crippen LogP contribution in [0.5, 0.6) is 0 Å². The van der Waals surface area contributed by atoms with E-state index >= 15 is 0 Å². The summed E-state index contributed by atoms with van der Waals surface area (Å²) in [6.45, 7) is 5.37. The van der Waals surface area contributed by atoms with Gasteiger partial charge in [0.2, 0.25) is 11.8 Å². The predicted molar refractivity (Wildman–Crippen MR) is 143 cm³/mol. The van der Waals surface area contributed by atoms with Gasteiger partial charge in [0.15, 0.2) is 5.16 Å². The van der Waals surface area contributed by atoms with Gasteiger partial charge in [0.25, 0.3) is 0 Å². The van der Waals surface area contributed by atoms with Crippen LogP contribution in [0.25, 0.3) is 5.69 Å². The van der Waals surface area contributed by atoms with Gasteiger partial charge in [0, 0.05) is 12.1 Å². The Bertz CT molecular complexity index is 1400. The van der Waals surface area contributed by atoms with Gasteiger partial charge in [-0.2, -0.15) is 0 Å². The number of thioether (sulfide) groups is 1. The van der Waals surface area contributed by atoms with E-state index in [1.54, 1.807) is 18.7 Å². The summed E-state index contributed by atoms with van der Waals surface area (Å²) in [5.74, 6) is 0.404. The molecule has 1 unspecified atom stereocenters. The summed E-state index contributed by atoms with van der Waals surface area (Å²) in [6.07, 6.45) is 0.609. The molecule has 0 radical (unpaired) electrons. The molecular weight excluding hydrogens is 470 g/mol. The Morgan fingerprint density at radius 3 is 2.31 bits per heavy atom. The summed E-state index contributed by atoms with van der Waals surface area (Å²) in [6, 6.07) is 27.4. The Balaban J connectivity index is 1.48. The van der Waals surface area contributed by atoms with Gasteiger partial charge in [-0.3, -0.25) is 19.1 Å². The molecule has 5 rings (SSSR count). The molecule has 1 aromatic heterocycles. The lowest BCUT2D eigenvalue weighted by Crippen LogP contribution is -2.60. The minimum Gasteiger partial charge on any atom is -0.322 e. The lowest BCUT2D eigenvalue weighted by atomic mass is 9.96. The van der Waals surface area contributed by atoms with E-state index in [0.717, 1.165) is 17.1 Å². The standard InChI is InChI=1S/C28H27N5O2S/c1-19(25(34)33-23-17-11-10-16-22(23)29-26(35)28(33,2)3)36-27-31-30-24(18-20-12-6-4-7-13-20)32(27)21-14-8-5-9-15-21/h4-17,19H,18H2,1-3H3,(H,29,35). The van der Waals surface area contributed by atoms with Crippen molar-refractivity contribution in [3.05, 3.63) is 96.3 Å². The van der Waals surface area contributed by atoms with Crippen LogP contribution in [0.3, 0.4) is 0 Å². The van der Waals surface area contributed by atoms with Gasteiger partial charge >= 0.3 is 0 Å². The first-order valence-electron chi connectivity index (χ1n) is 11.8. The Hall–Kier alpha value is -3.91. The van der Waals surface area contributed by atoms with E-state index in [1.807, 2.05) is 84.3 Å². The highest BCUT2D eigenvalue weighted by Crippen LogP contribution is 2.39. The number of amides is 2. The van der Waals surface area contributed by atoms with E-state index < -0.39 is 10.8 Å². The topological polar surface area (TPSA) is 80.1 Å². The number of carbonyl (C=O) groups excluding carboxylic acids is 2. The van der Waals surface area contributed by atoms with Crippen molar-refractivity contribution >= 4 is 35.0 Å². The molecule has 2 amide bonds. The van der Waals surface area contributed by atoms with Crippen molar-refractivity contribution in [1.82, 2.24) is 14.8 Å². The average molecular weight is 498 g/mol. The molecule has 7 nitrogen and oxygen atoms in total. The summed E-state index contributed by atoms with van der Waals surface area (Å²) in [7, 11) is 0. The van der Waals surface area contributed by atoms with Gasteiger partial charge in [0.1, 0.15) is 11.4 Å².